The predicted octanol–water partition coefficient (Wildman–Crippen LogP) is 3.34. The average molecular weight is 379 g/mol. The van der Waals surface area contributed by atoms with Crippen molar-refractivity contribution in [3.05, 3.63) is 59.7 Å². The molecule has 0 saturated carbocycles. The number of para-hydroxylation sites is 1. The molecule has 3 rings (SSSR count). The van der Waals surface area contributed by atoms with Crippen LogP contribution in [0.4, 0.5) is 0 Å². The first-order chi connectivity index (χ1) is 9.78. The molecule has 2 aromatic carbocycles. The van der Waals surface area contributed by atoms with E-state index in [1.807, 2.05) is 24.3 Å². The van der Waals surface area contributed by atoms with Crippen LogP contribution >= 0.6 is 22.6 Å². The number of hydrogen-bond acceptors (Lipinski definition) is 3. The van der Waals surface area contributed by atoms with Crippen molar-refractivity contribution in [3.63, 3.8) is 0 Å². The van der Waals surface area contributed by atoms with E-state index < -0.39 is 0 Å². The third-order valence-corrected chi connectivity index (χ3v) is 3.94. The lowest BCUT2D eigenvalue weighted by Gasteiger charge is -2.16. The van der Waals surface area contributed by atoms with Gasteiger partial charge in [-0.1, -0.05) is 69.4 Å². The maximum Gasteiger partial charge on any atom is 0.161 e. The highest BCUT2D eigenvalue weighted by Gasteiger charge is 2.14. The largest absolute Gasteiger partial charge is 0.386 e. The van der Waals surface area contributed by atoms with Gasteiger partial charge in [-0.05, 0) is 29.8 Å². The zero-order valence-electron chi connectivity index (χ0n) is 11.0. The first-order valence-electron chi connectivity index (χ1n) is 6.38. The highest BCUT2D eigenvalue weighted by atomic mass is 127. The Labute approximate surface area is 130 Å². The van der Waals surface area contributed by atoms with Gasteiger partial charge in [0.05, 0.1) is 0 Å². The lowest BCUT2D eigenvalue weighted by atomic mass is 10.1. The number of nitrogens with zero attached hydrogens (tertiary/aromatic N) is 3. The minimum absolute atomic E-state index is 0.0405. The molecule has 0 aliphatic rings. The SMILES string of the molecule is Cc1ccc(C(CI)On2nnc3ccccc32)cc1. The number of fused-ring (bicyclic) bond motifs is 1. The van der Waals surface area contributed by atoms with Crippen LogP contribution in [-0.4, -0.2) is 19.6 Å². The molecule has 1 atom stereocenters. The third-order valence-electron chi connectivity index (χ3n) is 3.14. The molecule has 1 heterocycles. The molecule has 0 spiro atoms. The van der Waals surface area contributed by atoms with Crippen molar-refractivity contribution in [2.45, 2.75) is 13.0 Å². The second kappa shape index (κ2) is 5.78. The summed E-state index contributed by atoms with van der Waals surface area (Å²) >= 11 is 2.32. The van der Waals surface area contributed by atoms with Crippen LogP contribution in [0.5, 0.6) is 0 Å². The van der Waals surface area contributed by atoms with Gasteiger partial charge >= 0.3 is 0 Å². The smallest absolute Gasteiger partial charge is 0.161 e. The first kappa shape index (κ1) is 13.4. The van der Waals surface area contributed by atoms with E-state index in [4.69, 9.17) is 4.84 Å². The Hall–Kier alpha value is -1.63. The molecule has 20 heavy (non-hydrogen) atoms. The number of halogens is 1. The number of aromatic nitrogens is 3. The number of aryl methyl sites for hydroxylation is 1. The summed E-state index contributed by atoms with van der Waals surface area (Å²) in [6.07, 6.45) is -0.0405. The first-order valence-corrected chi connectivity index (χ1v) is 7.90. The minimum atomic E-state index is -0.0405. The molecule has 102 valence electrons. The Morgan fingerprint density at radius 1 is 1.15 bits per heavy atom. The molecule has 0 radical (unpaired) electrons. The fourth-order valence-electron chi connectivity index (χ4n) is 2.01. The molecule has 0 bridgehead atoms. The van der Waals surface area contributed by atoms with E-state index in [1.165, 1.54) is 10.4 Å². The number of rotatable bonds is 4. The fraction of sp³-hybridized carbons (Fsp3) is 0.200. The van der Waals surface area contributed by atoms with E-state index in [2.05, 4.69) is 64.1 Å². The van der Waals surface area contributed by atoms with Gasteiger partial charge < -0.3 is 4.84 Å². The van der Waals surface area contributed by atoms with Crippen molar-refractivity contribution >= 4 is 33.6 Å². The van der Waals surface area contributed by atoms with Gasteiger partial charge in [-0.25, -0.2) is 0 Å². The van der Waals surface area contributed by atoms with Crippen LogP contribution in [0.15, 0.2) is 48.5 Å². The van der Waals surface area contributed by atoms with Crippen LogP contribution in [0.2, 0.25) is 0 Å². The Morgan fingerprint density at radius 3 is 2.65 bits per heavy atom. The van der Waals surface area contributed by atoms with Crippen molar-refractivity contribution in [2.75, 3.05) is 4.43 Å². The second-order valence-electron chi connectivity index (χ2n) is 4.61. The Kier molecular flexibility index (Phi) is 3.86. The molecule has 5 heteroatoms. The highest BCUT2D eigenvalue weighted by Crippen LogP contribution is 2.19. The van der Waals surface area contributed by atoms with Crippen LogP contribution in [0.3, 0.4) is 0 Å². The highest BCUT2D eigenvalue weighted by molar-refractivity contribution is 14.1. The molecule has 0 N–H and O–H groups in total. The summed E-state index contributed by atoms with van der Waals surface area (Å²) in [6.45, 7) is 2.08. The van der Waals surface area contributed by atoms with Crippen LogP contribution in [0, 0.1) is 6.92 Å². The number of alkyl halides is 1. The molecule has 0 aliphatic heterocycles. The molecule has 1 aromatic heterocycles. The van der Waals surface area contributed by atoms with Gasteiger partial charge in [0.2, 0.25) is 0 Å². The van der Waals surface area contributed by atoms with Crippen molar-refractivity contribution in [2.24, 2.45) is 0 Å². The van der Waals surface area contributed by atoms with E-state index in [0.29, 0.717) is 0 Å². The molecule has 0 aliphatic carbocycles. The van der Waals surface area contributed by atoms with Crippen LogP contribution in [0.25, 0.3) is 11.0 Å². The van der Waals surface area contributed by atoms with Crippen LogP contribution in [0.1, 0.15) is 17.2 Å². The summed E-state index contributed by atoms with van der Waals surface area (Å²) in [5.74, 6) is 0. The van der Waals surface area contributed by atoms with E-state index >= 15 is 0 Å². The molecule has 4 nitrogen and oxygen atoms in total. The summed E-state index contributed by atoms with van der Waals surface area (Å²) in [7, 11) is 0. The van der Waals surface area contributed by atoms with Crippen molar-refractivity contribution < 1.29 is 4.84 Å². The van der Waals surface area contributed by atoms with Gasteiger partial charge in [0.1, 0.15) is 11.0 Å². The molecule has 0 amide bonds. The molecular formula is C15H14IN3O. The molecule has 0 saturated heterocycles. The standard InChI is InChI=1S/C15H14IN3O/c1-11-6-8-12(9-7-11)15(10-16)20-19-14-5-3-2-4-13(14)17-18-19/h2-9,15H,10H2,1H3. The van der Waals surface area contributed by atoms with Gasteiger partial charge in [-0.2, -0.15) is 0 Å². The summed E-state index contributed by atoms with van der Waals surface area (Å²) < 4.78 is 0.842. The van der Waals surface area contributed by atoms with E-state index in [-0.39, 0.29) is 6.10 Å². The lowest BCUT2D eigenvalue weighted by molar-refractivity contribution is 0.0336. The van der Waals surface area contributed by atoms with E-state index in [1.54, 1.807) is 0 Å². The third kappa shape index (κ3) is 2.63. The van der Waals surface area contributed by atoms with Gasteiger partial charge in [0.25, 0.3) is 0 Å². The summed E-state index contributed by atoms with van der Waals surface area (Å²) in [5, 5.41) is 8.17. The van der Waals surface area contributed by atoms with Gasteiger partial charge in [-0.15, -0.1) is 5.10 Å². The molecule has 3 aromatic rings. The van der Waals surface area contributed by atoms with Crippen molar-refractivity contribution in [1.82, 2.24) is 15.2 Å². The Morgan fingerprint density at radius 2 is 1.90 bits per heavy atom. The number of benzene rings is 2. The topological polar surface area (TPSA) is 39.9 Å². The zero-order valence-corrected chi connectivity index (χ0v) is 13.2. The lowest BCUT2D eigenvalue weighted by Crippen LogP contribution is -2.20. The Balaban J connectivity index is 1.89. The van der Waals surface area contributed by atoms with Gasteiger partial charge in [0.15, 0.2) is 6.10 Å². The predicted molar refractivity (Wildman–Crippen MR) is 86.9 cm³/mol. The van der Waals surface area contributed by atoms with Gasteiger partial charge in [0, 0.05) is 4.43 Å². The minimum Gasteiger partial charge on any atom is -0.386 e. The maximum atomic E-state index is 5.98. The van der Waals surface area contributed by atoms with E-state index in [0.717, 1.165) is 21.0 Å². The quantitative estimate of drug-likeness (QED) is 0.516. The molecule has 0 fully saturated rings. The van der Waals surface area contributed by atoms with Gasteiger partial charge in [-0.3, -0.25) is 0 Å². The zero-order chi connectivity index (χ0) is 13.9. The monoisotopic (exact) mass is 379 g/mol. The Bertz CT molecular complexity index is 708. The van der Waals surface area contributed by atoms with Crippen molar-refractivity contribution in [1.29, 1.82) is 0 Å². The average Bonchev–Trinajstić information content (AvgIpc) is 2.89. The number of hydrogen-bond donors (Lipinski definition) is 0. The van der Waals surface area contributed by atoms with E-state index in [9.17, 15) is 0 Å². The second-order valence-corrected chi connectivity index (χ2v) is 5.49. The summed E-state index contributed by atoms with van der Waals surface area (Å²) in [4.78, 5) is 7.49. The molecule has 1 unspecified atom stereocenters. The van der Waals surface area contributed by atoms with Crippen LogP contribution < -0.4 is 4.84 Å². The normalized spacial score (nSPS) is 12.5. The summed E-state index contributed by atoms with van der Waals surface area (Å²) in [5.41, 5.74) is 4.11. The maximum absolute atomic E-state index is 5.98. The molecular weight excluding hydrogens is 365 g/mol. The summed E-state index contributed by atoms with van der Waals surface area (Å²) in [6, 6.07) is 16.2. The van der Waals surface area contributed by atoms with Crippen molar-refractivity contribution in [3.8, 4) is 0 Å². The van der Waals surface area contributed by atoms with Crippen LogP contribution in [-0.2, 0) is 0 Å². The fourth-order valence-corrected chi connectivity index (χ4v) is 2.67.